The van der Waals surface area contributed by atoms with E-state index in [0.717, 1.165) is 16.3 Å². The molecule has 2 rings (SSSR count). The number of hydrogen-bond donors (Lipinski definition) is 1. The summed E-state index contributed by atoms with van der Waals surface area (Å²) in [4.78, 5) is 5.41. The summed E-state index contributed by atoms with van der Waals surface area (Å²) < 4.78 is 26.5. The number of imidazole rings is 1. The Labute approximate surface area is 117 Å². The summed E-state index contributed by atoms with van der Waals surface area (Å²) in [6.45, 7) is 3.01. The lowest BCUT2D eigenvalue weighted by Crippen LogP contribution is -2.31. The Hall–Kier alpha value is -0.960. The highest BCUT2D eigenvalue weighted by Crippen LogP contribution is 2.16. The van der Waals surface area contributed by atoms with Crippen molar-refractivity contribution in [3.05, 3.63) is 23.0 Å². The second-order valence-electron chi connectivity index (χ2n) is 4.47. The van der Waals surface area contributed by atoms with Gasteiger partial charge in [-0.3, -0.25) is 4.40 Å². The molecule has 19 heavy (non-hydrogen) atoms. The molecule has 8 heteroatoms. The molecule has 0 aliphatic heterocycles. The van der Waals surface area contributed by atoms with Crippen LogP contribution in [0.5, 0.6) is 0 Å². The minimum absolute atomic E-state index is 0.102. The lowest BCUT2D eigenvalue weighted by Gasteiger charge is -2.11. The molecular formula is C11H18N4O2S2. The molecule has 106 valence electrons. The third-order valence-corrected chi connectivity index (χ3v) is 5.54. The van der Waals surface area contributed by atoms with Gasteiger partial charge in [-0.25, -0.2) is 17.7 Å². The Balaban J connectivity index is 1.93. The average Bonchev–Trinajstić information content (AvgIpc) is 2.86. The molecular weight excluding hydrogens is 284 g/mol. The molecule has 1 N–H and O–H groups in total. The van der Waals surface area contributed by atoms with Crippen molar-refractivity contribution in [2.75, 3.05) is 26.4 Å². The second-order valence-corrected chi connectivity index (χ2v) is 7.65. The zero-order valence-corrected chi connectivity index (χ0v) is 12.9. The first-order valence-corrected chi connectivity index (χ1v) is 8.42. The topological polar surface area (TPSA) is 66.7 Å². The highest BCUT2D eigenvalue weighted by molar-refractivity contribution is 7.89. The van der Waals surface area contributed by atoms with Gasteiger partial charge in [0.25, 0.3) is 0 Å². The van der Waals surface area contributed by atoms with E-state index in [9.17, 15) is 8.42 Å². The van der Waals surface area contributed by atoms with Crippen LogP contribution in [0.3, 0.4) is 0 Å². The maximum absolute atomic E-state index is 11.6. The van der Waals surface area contributed by atoms with Gasteiger partial charge < -0.3 is 5.32 Å². The zero-order valence-electron chi connectivity index (χ0n) is 11.3. The third kappa shape index (κ3) is 3.14. The average molecular weight is 302 g/mol. The van der Waals surface area contributed by atoms with Gasteiger partial charge in [0.05, 0.1) is 17.1 Å². The highest BCUT2D eigenvalue weighted by atomic mass is 32.2. The summed E-state index contributed by atoms with van der Waals surface area (Å²) in [6.07, 6.45) is 1.98. The first-order valence-electron chi connectivity index (χ1n) is 5.94. The van der Waals surface area contributed by atoms with Gasteiger partial charge >= 0.3 is 0 Å². The van der Waals surface area contributed by atoms with E-state index in [2.05, 4.69) is 10.3 Å². The molecule has 0 aromatic carbocycles. The van der Waals surface area contributed by atoms with Gasteiger partial charge in [0.15, 0.2) is 4.96 Å². The highest BCUT2D eigenvalue weighted by Gasteiger charge is 2.13. The number of rotatable bonds is 6. The Morgan fingerprint density at radius 2 is 2.21 bits per heavy atom. The summed E-state index contributed by atoms with van der Waals surface area (Å²) in [5, 5.41) is 5.15. The fourth-order valence-corrected chi connectivity index (χ4v) is 3.29. The summed E-state index contributed by atoms with van der Waals surface area (Å²) in [6, 6.07) is 0. The molecule has 0 aliphatic carbocycles. The number of hydrogen-bond acceptors (Lipinski definition) is 5. The predicted molar refractivity (Wildman–Crippen MR) is 77.0 cm³/mol. The smallest absolute Gasteiger partial charge is 0.214 e. The van der Waals surface area contributed by atoms with Gasteiger partial charge in [0, 0.05) is 38.8 Å². The van der Waals surface area contributed by atoms with E-state index in [1.807, 2.05) is 22.9 Å². The van der Waals surface area contributed by atoms with Gasteiger partial charge in [-0.05, 0) is 6.92 Å². The van der Waals surface area contributed by atoms with E-state index < -0.39 is 10.0 Å². The molecule has 0 spiro atoms. The van der Waals surface area contributed by atoms with Gasteiger partial charge in [0.1, 0.15) is 0 Å². The molecule has 0 radical (unpaired) electrons. The molecule has 2 aromatic heterocycles. The van der Waals surface area contributed by atoms with Crippen molar-refractivity contribution in [2.24, 2.45) is 0 Å². The van der Waals surface area contributed by atoms with E-state index in [4.69, 9.17) is 0 Å². The van der Waals surface area contributed by atoms with Crippen LogP contribution in [0.4, 0.5) is 0 Å². The first-order chi connectivity index (χ1) is 8.92. The quantitative estimate of drug-likeness (QED) is 0.797. The summed E-state index contributed by atoms with van der Waals surface area (Å²) in [5.41, 5.74) is 2.06. The van der Waals surface area contributed by atoms with Crippen LogP contribution in [-0.4, -0.2) is 48.5 Å². The first kappa shape index (κ1) is 14.4. The van der Waals surface area contributed by atoms with Crippen LogP contribution in [0, 0.1) is 6.92 Å². The molecule has 0 saturated heterocycles. The molecule has 0 unspecified atom stereocenters. The van der Waals surface area contributed by atoms with Gasteiger partial charge in [-0.15, -0.1) is 11.3 Å². The normalized spacial score (nSPS) is 12.6. The lowest BCUT2D eigenvalue weighted by atomic mass is 10.3. The van der Waals surface area contributed by atoms with Crippen molar-refractivity contribution in [2.45, 2.75) is 13.5 Å². The second kappa shape index (κ2) is 5.58. The van der Waals surface area contributed by atoms with Gasteiger partial charge in [-0.2, -0.15) is 0 Å². The molecule has 2 heterocycles. The lowest BCUT2D eigenvalue weighted by molar-refractivity contribution is 0.517. The minimum atomic E-state index is -3.13. The maximum atomic E-state index is 11.6. The Morgan fingerprint density at radius 3 is 2.89 bits per heavy atom. The molecule has 0 atom stereocenters. The van der Waals surface area contributed by atoms with Crippen molar-refractivity contribution >= 4 is 26.3 Å². The number of sulfonamides is 1. The number of aryl methyl sites for hydroxylation is 1. The van der Waals surface area contributed by atoms with Crippen LogP contribution < -0.4 is 5.32 Å². The standard InChI is InChI=1S/C11H18N4O2S2/c1-9-10(15-5-6-18-11(15)13-9)8-12-4-7-19(16,17)14(2)3/h5-6,12H,4,7-8H2,1-3H3. The number of nitrogens with one attached hydrogen (secondary N) is 1. The van der Waals surface area contributed by atoms with E-state index in [0.29, 0.717) is 13.1 Å². The van der Waals surface area contributed by atoms with Crippen LogP contribution in [0.25, 0.3) is 4.96 Å². The number of thiazole rings is 1. The Bertz CT molecular complexity index is 657. The molecule has 0 amide bonds. The van der Waals surface area contributed by atoms with E-state index in [-0.39, 0.29) is 5.75 Å². The minimum Gasteiger partial charge on any atom is -0.310 e. The summed E-state index contributed by atoms with van der Waals surface area (Å²) in [5.74, 6) is 0.102. The monoisotopic (exact) mass is 302 g/mol. The number of nitrogens with zero attached hydrogens (tertiary/aromatic N) is 3. The number of aromatic nitrogens is 2. The largest absolute Gasteiger partial charge is 0.310 e. The molecule has 0 fully saturated rings. The van der Waals surface area contributed by atoms with Crippen molar-refractivity contribution in [3.8, 4) is 0 Å². The molecule has 0 saturated carbocycles. The molecule has 6 nitrogen and oxygen atoms in total. The van der Waals surface area contributed by atoms with Crippen LogP contribution in [-0.2, 0) is 16.6 Å². The van der Waals surface area contributed by atoms with Gasteiger partial charge in [0.2, 0.25) is 10.0 Å². The van der Waals surface area contributed by atoms with Crippen molar-refractivity contribution < 1.29 is 8.42 Å². The Kier molecular flexibility index (Phi) is 4.24. The van der Waals surface area contributed by atoms with Crippen LogP contribution in [0.2, 0.25) is 0 Å². The number of fused-ring (bicyclic) bond motifs is 1. The molecule has 0 aliphatic rings. The summed E-state index contributed by atoms with van der Waals surface area (Å²) >= 11 is 1.59. The summed E-state index contributed by atoms with van der Waals surface area (Å²) in [7, 11) is -0.0366. The van der Waals surface area contributed by atoms with Crippen LogP contribution >= 0.6 is 11.3 Å². The molecule has 2 aromatic rings. The predicted octanol–water partition coefficient (Wildman–Crippen LogP) is 0.685. The van der Waals surface area contributed by atoms with Crippen molar-refractivity contribution in [3.63, 3.8) is 0 Å². The SMILES string of the molecule is Cc1nc2sccn2c1CNCCS(=O)(=O)N(C)C. The van der Waals surface area contributed by atoms with Gasteiger partial charge in [-0.1, -0.05) is 0 Å². The van der Waals surface area contributed by atoms with Crippen LogP contribution in [0.15, 0.2) is 11.6 Å². The van der Waals surface area contributed by atoms with Crippen molar-refractivity contribution in [1.29, 1.82) is 0 Å². The fourth-order valence-electron chi connectivity index (χ4n) is 1.74. The fraction of sp³-hybridized carbons (Fsp3) is 0.545. The van der Waals surface area contributed by atoms with Crippen LogP contribution in [0.1, 0.15) is 11.4 Å². The molecule has 0 bridgehead atoms. The maximum Gasteiger partial charge on any atom is 0.214 e. The van der Waals surface area contributed by atoms with Crippen molar-refractivity contribution in [1.82, 2.24) is 19.0 Å². The third-order valence-electron chi connectivity index (χ3n) is 2.95. The Morgan fingerprint density at radius 1 is 1.47 bits per heavy atom. The van der Waals surface area contributed by atoms with E-state index >= 15 is 0 Å². The van der Waals surface area contributed by atoms with E-state index in [1.165, 1.54) is 4.31 Å². The zero-order chi connectivity index (χ0) is 14.0. The van der Waals surface area contributed by atoms with E-state index in [1.54, 1.807) is 25.4 Å².